The van der Waals surface area contributed by atoms with Gasteiger partial charge in [0.05, 0.1) is 24.6 Å². The Hall–Kier alpha value is -1.78. The third kappa shape index (κ3) is 11.1. The van der Waals surface area contributed by atoms with Gasteiger partial charge in [0.25, 0.3) is 0 Å². The van der Waals surface area contributed by atoms with E-state index in [1.165, 1.54) is 122 Å². The van der Waals surface area contributed by atoms with Crippen molar-refractivity contribution in [3.05, 3.63) is 61.2 Å². The fourth-order valence-electron chi connectivity index (χ4n) is 5.94. The molecule has 1 aromatic carbocycles. The average molecular weight is 847 g/mol. The van der Waals surface area contributed by atoms with Crippen molar-refractivity contribution in [3.8, 4) is 48.2 Å². The molecule has 0 radical (unpaired) electrons. The lowest BCUT2D eigenvalue weighted by molar-refractivity contribution is 0.304. The summed E-state index contributed by atoms with van der Waals surface area (Å²) >= 11 is 13.2. The van der Waals surface area contributed by atoms with Gasteiger partial charge in [0, 0.05) is 20.2 Å². The lowest BCUT2D eigenvalue weighted by atomic mass is 10.1. The molecule has 5 rings (SSSR count). The molecule has 0 saturated heterocycles. The van der Waals surface area contributed by atoms with Crippen LogP contribution in [0.3, 0.4) is 0 Å². The Balaban J connectivity index is 1.36. The van der Waals surface area contributed by atoms with Crippen LogP contribution in [0.2, 0.25) is 0 Å². The third-order valence-electron chi connectivity index (χ3n) is 8.84. The number of ether oxygens (including phenoxy) is 1. The minimum atomic E-state index is 0.522. The van der Waals surface area contributed by atoms with Gasteiger partial charge >= 0.3 is 0 Å². The third-order valence-corrected chi connectivity index (χ3v) is 14.3. The molecule has 9 heteroatoms. The Kier molecular flexibility index (Phi) is 15.9. The number of aryl methyl sites for hydroxylation is 2. The Morgan fingerprint density at radius 1 is 0.592 bits per heavy atom. The van der Waals surface area contributed by atoms with Crippen LogP contribution in [0.25, 0.3) is 42.4 Å². The average Bonchev–Trinajstić information content (AvgIpc) is 3.91. The first-order chi connectivity index (χ1) is 24.0. The van der Waals surface area contributed by atoms with Gasteiger partial charge in [0.15, 0.2) is 0 Å². The van der Waals surface area contributed by atoms with Crippen molar-refractivity contribution in [2.45, 2.75) is 124 Å². The van der Waals surface area contributed by atoms with E-state index in [2.05, 4.69) is 81.0 Å². The monoisotopic (exact) mass is 844 g/mol. The van der Waals surface area contributed by atoms with Gasteiger partial charge in [-0.25, -0.2) is 0 Å². The highest BCUT2D eigenvalue weighted by Crippen LogP contribution is 2.49. The van der Waals surface area contributed by atoms with E-state index in [9.17, 15) is 0 Å². The number of halogens is 2. The number of rotatable bonds is 22. The fourth-order valence-corrected chi connectivity index (χ4v) is 10.8. The van der Waals surface area contributed by atoms with Crippen LogP contribution in [0.15, 0.2) is 54.5 Å². The van der Waals surface area contributed by atoms with E-state index in [0.717, 1.165) is 42.7 Å². The molecular formula is C40H50Br2N2O2S3. The van der Waals surface area contributed by atoms with Crippen LogP contribution in [0, 0.1) is 0 Å². The van der Waals surface area contributed by atoms with Crippen LogP contribution in [0.5, 0.6) is 5.75 Å². The molecule has 0 unspecified atom stereocenters. The predicted octanol–water partition coefficient (Wildman–Crippen LogP) is 15.4. The molecule has 0 fully saturated rings. The second-order valence-corrected chi connectivity index (χ2v) is 18.6. The molecule has 0 saturated carbocycles. The summed E-state index contributed by atoms with van der Waals surface area (Å²) in [6.45, 7) is 7.53. The van der Waals surface area contributed by atoms with E-state index in [4.69, 9.17) is 9.15 Å². The molecule has 4 aromatic heterocycles. The number of nitrogens with zero attached hydrogens (tertiary/aromatic N) is 2. The molecule has 4 nitrogen and oxygen atoms in total. The van der Waals surface area contributed by atoms with Crippen molar-refractivity contribution < 1.29 is 9.15 Å². The molecule has 49 heavy (non-hydrogen) atoms. The lowest BCUT2D eigenvalue weighted by Crippen LogP contribution is -1.97. The molecular weight excluding hydrogens is 796 g/mol. The molecule has 0 spiro atoms. The molecule has 0 bridgehead atoms. The summed E-state index contributed by atoms with van der Waals surface area (Å²) in [4.78, 5) is 4.94. The number of unbranched alkanes of at least 4 members (excludes halogenated alkanes) is 11. The number of aromatic nitrogens is 2. The molecule has 0 aliphatic carbocycles. The smallest absolute Gasteiger partial charge is 0.249 e. The van der Waals surface area contributed by atoms with Gasteiger partial charge < -0.3 is 9.15 Å². The predicted molar refractivity (Wildman–Crippen MR) is 220 cm³/mol. The van der Waals surface area contributed by atoms with Crippen molar-refractivity contribution >= 4 is 65.9 Å². The maximum Gasteiger partial charge on any atom is 0.249 e. The standard InChI is InChI=1S/C40H50Br2N2O2S3/c1-4-7-10-13-14-17-24-45-31-22-20-28(21-23-31)39-43-44-40(46-39)32-27-34(33-25-29(37(41)48-33)18-15-11-8-5-2)47-36(32)35-26-30(38(42)49-35)19-16-12-9-6-3/h20-23,25-27H,4-19,24H2,1-3H3. The zero-order valence-corrected chi connectivity index (χ0v) is 34.9. The van der Waals surface area contributed by atoms with Crippen molar-refractivity contribution in [2.24, 2.45) is 0 Å². The summed E-state index contributed by atoms with van der Waals surface area (Å²) in [5.41, 5.74) is 4.68. The van der Waals surface area contributed by atoms with Gasteiger partial charge in [0.2, 0.25) is 11.8 Å². The van der Waals surface area contributed by atoms with Crippen LogP contribution in [0.4, 0.5) is 0 Å². The normalized spacial score (nSPS) is 11.5. The van der Waals surface area contributed by atoms with Crippen LogP contribution >= 0.6 is 65.9 Å². The van der Waals surface area contributed by atoms with E-state index < -0.39 is 0 Å². The number of thiophene rings is 3. The van der Waals surface area contributed by atoms with Crippen LogP contribution in [0.1, 0.15) is 122 Å². The molecule has 264 valence electrons. The van der Waals surface area contributed by atoms with Gasteiger partial charge in [-0.3, -0.25) is 0 Å². The van der Waals surface area contributed by atoms with E-state index in [1.807, 2.05) is 58.3 Å². The Labute approximate surface area is 322 Å². The minimum Gasteiger partial charge on any atom is -0.494 e. The fraction of sp³-hybridized carbons (Fsp3) is 0.500. The van der Waals surface area contributed by atoms with Crippen molar-refractivity contribution in [1.82, 2.24) is 10.2 Å². The van der Waals surface area contributed by atoms with Crippen LogP contribution in [-0.2, 0) is 12.8 Å². The molecule has 0 N–H and O–H groups in total. The summed E-state index contributed by atoms with van der Waals surface area (Å²) in [5.74, 6) is 1.95. The Morgan fingerprint density at radius 2 is 1.12 bits per heavy atom. The molecule has 0 aliphatic rings. The topological polar surface area (TPSA) is 48.2 Å². The van der Waals surface area contributed by atoms with E-state index in [-0.39, 0.29) is 0 Å². The molecule has 0 atom stereocenters. The van der Waals surface area contributed by atoms with Crippen LogP contribution < -0.4 is 4.74 Å². The summed E-state index contributed by atoms with van der Waals surface area (Å²) in [5, 5.41) is 9.10. The number of hydrogen-bond donors (Lipinski definition) is 0. The highest BCUT2D eigenvalue weighted by Gasteiger charge is 2.23. The SMILES string of the molecule is CCCCCCCCOc1ccc(-c2nnc(-c3cc(-c4cc(CCCCCC)c(Br)s4)sc3-c3cc(CCCCCC)c(Br)s3)o2)cc1. The van der Waals surface area contributed by atoms with Gasteiger partial charge in [-0.2, -0.15) is 0 Å². The summed E-state index contributed by atoms with van der Waals surface area (Å²) in [6.07, 6.45) is 19.8. The van der Waals surface area contributed by atoms with E-state index >= 15 is 0 Å². The van der Waals surface area contributed by atoms with Crippen molar-refractivity contribution in [2.75, 3.05) is 6.61 Å². The molecule has 5 aromatic rings. The molecule has 4 heterocycles. The minimum absolute atomic E-state index is 0.522. The van der Waals surface area contributed by atoms with Crippen LogP contribution in [-0.4, -0.2) is 16.8 Å². The van der Waals surface area contributed by atoms with E-state index in [0.29, 0.717) is 11.8 Å². The first-order valence-corrected chi connectivity index (χ1v) is 22.3. The largest absolute Gasteiger partial charge is 0.494 e. The summed E-state index contributed by atoms with van der Waals surface area (Å²) in [6, 6.07) is 15.0. The van der Waals surface area contributed by atoms with Gasteiger partial charge in [-0.05, 0) is 118 Å². The molecule has 0 aliphatic heterocycles. The van der Waals surface area contributed by atoms with Gasteiger partial charge in [0.1, 0.15) is 5.75 Å². The van der Waals surface area contributed by atoms with Crippen molar-refractivity contribution in [3.63, 3.8) is 0 Å². The second-order valence-electron chi connectivity index (χ2n) is 12.8. The first kappa shape index (κ1) is 38.5. The zero-order chi connectivity index (χ0) is 34.4. The van der Waals surface area contributed by atoms with E-state index in [1.54, 1.807) is 0 Å². The summed E-state index contributed by atoms with van der Waals surface area (Å²) in [7, 11) is 0. The number of hydrogen-bond acceptors (Lipinski definition) is 7. The maximum absolute atomic E-state index is 6.42. The molecule has 0 amide bonds. The maximum atomic E-state index is 6.42. The first-order valence-electron chi connectivity index (χ1n) is 18.3. The Bertz CT molecular complexity index is 1700. The lowest BCUT2D eigenvalue weighted by Gasteiger charge is -2.06. The summed E-state index contributed by atoms with van der Waals surface area (Å²) < 4.78 is 14.9. The van der Waals surface area contributed by atoms with Gasteiger partial charge in [-0.1, -0.05) is 91.4 Å². The second kappa shape index (κ2) is 20.3. The Morgan fingerprint density at radius 3 is 1.78 bits per heavy atom. The number of benzene rings is 1. The zero-order valence-electron chi connectivity index (χ0n) is 29.3. The highest BCUT2D eigenvalue weighted by atomic mass is 79.9. The van der Waals surface area contributed by atoms with Crippen molar-refractivity contribution in [1.29, 1.82) is 0 Å². The van der Waals surface area contributed by atoms with Gasteiger partial charge in [-0.15, -0.1) is 44.2 Å². The quantitative estimate of drug-likeness (QED) is 0.0651. The highest BCUT2D eigenvalue weighted by molar-refractivity contribution is 9.11.